The average Bonchev–Trinajstić information content (AvgIpc) is 2.37. The van der Waals surface area contributed by atoms with E-state index in [2.05, 4.69) is 4.98 Å². The standard InChI is InChI=1S/C13H18N2O3/c1-3-18-13(17)6-9-15(2)12(16)10-11-4-7-14-8-5-11/h4-5,7-8H,3,6,9-10H2,1-2H3. The Kier molecular flexibility index (Phi) is 5.84. The lowest BCUT2D eigenvalue weighted by Gasteiger charge is -2.16. The molecule has 0 fully saturated rings. The molecule has 1 amide bonds. The summed E-state index contributed by atoms with van der Waals surface area (Å²) >= 11 is 0. The lowest BCUT2D eigenvalue weighted by Crippen LogP contribution is -2.30. The number of ether oxygens (including phenoxy) is 1. The maximum atomic E-state index is 11.8. The van der Waals surface area contributed by atoms with Crippen molar-refractivity contribution in [3.63, 3.8) is 0 Å². The maximum absolute atomic E-state index is 11.8. The van der Waals surface area contributed by atoms with E-state index in [0.717, 1.165) is 5.56 Å². The predicted molar refractivity (Wildman–Crippen MR) is 66.8 cm³/mol. The molecule has 1 heterocycles. The van der Waals surface area contributed by atoms with Gasteiger partial charge in [-0.2, -0.15) is 0 Å². The van der Waals surface area contributed by atoms with Crippen molar-refractivity contribution in [3.05, 3.63) is 30.1 Å². The number of carbonyl (C=O) groups excluding carboxylic acids is 2. The van der Waals surface area contributed by atoms with Crippen LogP contribution in [0.15, 0.2) is 24.5 Å². The summed E-state index contributed by atoms with van der Waals surface area (Å²) in [5.41, 5.74) is 0.915. The van der Waals surface area contributed by atoms with Crippen molar-refractivity contribution in [1.82, 2.24) is 9.88 Å². The molecule has 0 saturated carbocycles. The second-order valence-corrected chi connectivity index (χ2v) is 3.90. The van der Waals surface area contributed by atoms with Crippen molar-refractivity contribution in [2.24, 2.45) is 0 Å². The van der Waals surface area contributed by atoms with Gasteiger partial charge in [-0.1, -0.05) is 0 Å². The SMILES string of the molecule is CCOC(=O)CCN(C)C(=O)Cc1ccncc1. The van der Waals surface area contributed by atoms with E-state index in [1.807, 2.05) is 0 Å². The van der Waals surface area contributed by atoms with Crippen LogP contribution >= 0.6 is 0 Å². The van der Waals surface area contributed by atoms with Crippen LogP contribution in [0.4, 0.5) is 0 Å². The monoisotopic (exact) mass is 250 g/mol. The molecule has 0 aliphatic rings. The molecule has 1 aromatic heterocycles. The molecule has 0 unspecified atom stereocenters. The molecule has 0 aliphatic carbocycles. The Bertz CT molecular complexity index is 392. The highest BCUT2D eigenvalue weighted by Gasteiger charge is 2.11. The lowest BCUT2D eigenvalue weighted by molar-refractivity contribution is -0.143. The van der Waals surface area contributed by atoms with Gasteiger partial charge in [0.05, 0.1) is 19.4 Å². The first-order valence-electron chi connectivity index (χ1n) is 5.92. The minimum Gasteiger partial charge on any atom is -0.466 e. The van der Waals surface area contributed by atoms with E-state index in [4.69, 9.17) is 4.74 Å². The van der Waals surface area contributed by atoms with Gasteiger partial charge in [0, 0.05) is 26.0 Å². The summed E-state index contributed by atoms with van der Waals surface area (Å²) in [6, 6.07) is 3.61. The van der Waals surface area contributed by atoms with Crippen LogP contribution in [0, 0.1) is 0 Å². The fraction of sp³-hybridized carbons (Fsp3) is 0.462. The van der Waals surface area contributed by atoms with E-state index >= 15 is 0 Å². The number of hydrogen-bond donors (Lipinski definition) is 0. The zero-order valence-electron chi connectivity index (χ0n) is 10.8. The van der Waals surface area contributed by atoms with Crippen molar-refractivity contribution in [2.45, 2.75) is 19.8 Å². The van der Waals surface area contributed by atoms with Crippen LogP contribution < -0.4 is 0 Å². The number of hydrogen-bond acceptors (Lipinski definition) is 4. The van der Waals surface area contributed by atoms with Crippen LogP contribution in [0.5, 0.6) is 0 Å². The van der Waals surface area contributed by atoms with Crippen LogP contribution in [-0.2, 0) is 20.7 Å². The highest BCUT2D eigenvalue weighted by molar-refractivity contribution is 5.79. The molecular formula is C13H18N2O3. The topological polar surface area (TPSA) is 59.5 Å². The zero-order chi connectivity index (χ0) is 13.4. The third kappa shape index (κ3) is 4.95. The minimum absolute atomic E-state index is 0.0227. The summed E-state index contributed by atoms with van der Waals surface area (Å²) in [6.07, 6.45) is 3.86. The molecule has 0 saturated heterocycles. The van der Waals surface area contributed by atoms with E-state index in [1.165, 1.54) is 4.90 Å². The number of pyridine rings is 1. The minimum atomic E-state index is -0.277. The summed E-state index contributed by atoms with van der Waals surface area (Å²) in [5, 5.41) is 0. The van der Waals surface area contributed by atoms with Crippen molar-refractivity contribution in [1.29, 1.82) is 0 Å². The van der Waals surface area contributed by atoms with Gasteiger partial charge in [0.15, 0.2) is 0 Å². The molecule has 18 heavy (non-hydrogen) atoms. The van der Waals surface area contributed by atoms with Gasteiger partial charge in [0.1, 0.15) is 0 Å². The van der Waals surface area contributed by atoms with Gasteiger partial charge in [-0.25, -0.2) is 0 Å². The Morgan fingerprint density at radius 3 is 2.61 bits per heavy atom. The first-order valence-corrected chi connectivity index (χ1v) is 5.92. The normalized spacial score (nSPS) is 9.89. The molecule has 5 heteroatoms. The molecule has 0 N–H and O–H groups in total. The zero-order valence-corrected chi connectivity index (χ0v) is 10.8. The Morgan fingerprint density at radius 2 is 2.00 bits per heavy atom. The fourth-order valence-corrected chi connectivity index (χ4v) is 1.43. The summed E-state index contributed by atoms with van der Waals surface area (Å²) in [5.74, 6) is -0.299. The van der Waals surface area contributed by atoms with Crippen molar-refractivity contribution in [3.8, 4) is 0 Å². The van der Waals surface area contributed by atoms with Crippen molar-refractivity contribution < 1.29 is 14.3 Å². The van der Waals surface area contributed by atoms with Crippen LogP contribution in [0.25, 0.3) is 0 Å². The maximum Gasteiger partial charge on any atom is 0.307 e. The summed E-state index contributed by atoms with van der Waals surface area (Å²) in [6.45, 7) is 2.51. The third-order valence-corrected chi connectivity index (χ3v) is 2.49. The van der Waals surface area contributed by atoms with Crippen LogP contribution in [0.3, 0.4) is 0 Å². The molecule has 1 aromatic rings. The molecule has 1 rings (SSSR count). The Hall–Kier alpha value is -1.91. The summed E-state index contributed by atoms with van der Waals surface area (Å²) in [7, 11) is 1.68. The molecule has 0 radical (unpaired) electrons. The van der Waals surface area contributed by atoms with E-state index in [0.29, 0.717) is 19.6 Å². The van der Waals surface area contributed by atoms with Crippen LogP contribution in [0.2, 0.25) is 0 Å². The van der Waals surface area contributed by atoms with E-state index in [1.54, 1.807) is 38.5 Å². The highest BCUT2D eigenvalue weighted by atomic mass is 16.5. The fourth-order valence-electron chi connectivity index (χ4n) is 1.43. The quantitative estimate of drug-likeness (QED) is 0.708. The summed E-state index contributed by atoms with van der Waals surface area (Å²) < 4.78 is 4.81. The van der Waals surface area contributed by atoms with Gasteiger partial charge in [0.25, 0.3) is 0 Å². The molecule has 5 nitrogen and oxygen atoms in total. The molecule has 0 spiro atoms. The first kappa shape index (κ1) is 14.2. The lowest BCUT2D eigenvalue weighted by atomic mass is 10.2. The number of aromatic nitrogens is 1. The smallest absolute Gasteiger partial charge is 0.307 e. The Balaban J connectivity index is 2.35. The van der Waals surface area contributed by atoms with Gasteiger partial charge in [-0.3, -0.25) is 14.6 Å². The first-order chi connectivity index (χ1) is 8.63. The predicted octanol–water partition coefficient (Wildman–Crippen LogP) is 1.04. The van der Waals surface area contributed by atoms with Gasteiger partial charge in [-0.15, -0.1) is 0 Å². The second kappa shape index (κ2) is 7.42. The number of esters is 1. The largest absolute Gasteiger partial charge is 0.466 e. The van der Waals surface area contributed by atoms with E-state index < -0.39 is 0 Å². The molecule has 98 valence electrons. The van der Waals surface area contributed by atoms with Gasteiger partial charge in [0.2, 0.25) is 5.91 Å². The molecule has 0 atom stereocenters. The summed E-state index contributed by atoms with van der Waals surface area (Å²) in [4.78, 5) is 28.4. The van der Waals surface area contributed by atoms with Crippen LogP contribution in [0.1, 0.15) is 18.9 Å². The van der Waals surface area contributed by atoms with E-state index in [-0.39, 0.29) is 18.3 Å². The average molecular weight is 250 g/mol. The number of carbonyl (C=O) groups is 2. The Morgan fingerprint density at radius 1 is 1.33 bits per heavy atom. The van der Waals surface area contributed by atoms with Crippen LogP contribution in [-0.4, -0.2) is 42.0 Å². The molecular weight excluding hydrogens is 232 g/mol. The second-order valence-electron chi connectivity index (χ2n) is 3.90. The van der Waals surface area contributed by atoms with Crippen molar-refractivity contribution in [2.75, 3.05) is 20.2 Å². The molecule has 0 aromatic carbocycles. The molecule has 0 bridgehead atoms. The highest BCUT2D eigenvalue weighted by Crippen LogP contribution is 2.01. The van der Waals surface area contributed by atoms with Crippen molar-refractivity contribution >= 4 is 11.9 Å². The number of likely N-dealkylation sites (N-methyl/N-ethyl adjacent to an activating group) is 1. The Labute approximate surface area is 107 Å². The van der Waals surface area contributed by atoms with Gasteiger partial charge >= 0.3 is 5.97 Å². The van der Waals surface area contributed by atoms with Gasteiger partial charge < -0.3 is 9.64 Å². The van der Waals surface area contributed by atoms with Gasteiger partial charge in [-0.05, 0) is 24.6 Å². The number of amides is 1. The van der Waals surface area contributed by atoms with E-state index in [9.17, 15) is 9.59 Å². The molecule has 0 aliphatic heterocycles. The number of nitrogens with zero attached hydrogens (tertiary/aromatic N) is 2. The third-order valence-electron chi connectivity index (χ3n) is 2.49. The number of rotatable bonds is 6.